The van der Waals surface area contributed by atoms with Gasteiger partial charge in [0.25, 0.3) is 0 Å². The third-order valence-electron chi connectivity index (χ3n) is 2.48. The largest absolute Gasteiger partial charge is 0.389 e. The molecule has 0 aromatic carbocycles. The maximum Gasteiger partial charge on any atom is 0.219 e. The Bertz CT molecular complexity index is 487. The van der Waals surface area contributed by atoms with Crippen LogP contribution in [-0.2, 0) is 4.79 Å². The van der Waals surface area contributed by atoms with Crippen LogP contribution in [-0.4, -0.2) is 21.9 Å². The molecule has 5 N–H and O–H groups in total. The number of carbonyl (C=O) groups excluding carboxylic acids is 1. The number of hydrogen-bond acceptors (Lipinski definition) is 4. The molecule has 1 aromatic rings. The molecular formula is C12H18N4OS. The highest BCUT2D eigenvalue weighted by molar-refractivity contribution is 7.80. The SMILES string of the molecule is Cc1cc(C)c(C(N)=S)c(NC(C)CC(N)=O)n1. The number of aromatic nitrogens is 1. The zero-order valence-corrected chi connectivity index (χ0v) is 11.6. The first-order chi connectivity index (χ1) is 8.31. The van der Waals surface area contributed by atoms with Gasteiger partial charge in [-0.15, -0.1) is 0 Å². The average Bonchev–Trinajstić information content (AvgIpc) is 2.12. The van der Waals surface area contributed by atoms with Gasteiger partial charge in [0.2, 0.25) is 5.91 Å². The van der Waals surface area contributed by atoms with E-state index in [0.717, 1.165) is 11.3 Å². The number of thiocarbonyl (C=S) groups is 1. The van der Waals surface area contributed by atoms with Crippen molar-refractivity contribution in [1.29, 1.82) is 0 Å². The number of primary amides is 1. The molecule has 0 aliphatic heterocycles. The highest BCUT2D eigenvalue weighted by Crippen LogP contribution is 2.19. The molecule has 0 saturated carbocycles. The van der Waals surface area contributed by atoms with Gasteiger partial charge in [-0.05, 0) is 32.4 Å². The van der Waals surface area contributed by atoms with E-state index in [1.807, 2.05) is 26.8 Å². The first-order valence-corrected chi connectivity index (χ1v) is 6.05. The van der Waals surface area contributed by atoms with E-state index in [1.54, 1.807) is 0 Å². The summed E-state index contributed by atoms with van der Waals surface area (Å²) in [5, 5.41) is 3.13. The Hall–Kier alpha value is -1.69. The van der Waals surface area contributed by atoms with Crippen LogP contribution in [0.3, 0.4) is 0 Å². The second-order valence-corrected chi connectivity index (χ2v) is 4.82. The summed E-state index contributed by atoms with van der Waals surface area (Å²) < 4.78 is 0. The molecule has 0 saturated heterocycles. The van der Waals surface area contributed by atoms with Crippen molar-refractivity contribution in [3.05, 3.63) is 22.9 Å². The summed E-state index contributed by atoms with van der Waals surface area (Å²) in [5.41, 5.74) is 13.4. The fraction of sp³-hybridized carbons (Fsp3) is 0.417. The predicted octanol–water partition coefficient (Wildman–Crippen LogP) is 1.01. The lowest BCUT2D eigenvalue weighted by Gasteiger charge is -2.17. The molecule has 0 aliphatic rings. The Morgan fingerprint density at radius 3 is 2.61 bits per heavy atom. The minimum atomic E-state index is -0.365. The van der Waals surface area contributed by atoms with Crippen molar-refractivity contribution in [2.45, 2.75) is 33.2 Å². The van der Waals surface area contributed by atoms with E-state index in [4.69, 9.17) is 23.7 Å². The lowest BCUT2D eigenvalue weighted by Crippen LogP contribution is -2.26. The molecule has 1 amide bonds. The van der Waals surface area contributed by atoms with Crippen molar-refractivity contribution >= 4 is 28.9 Å². The second-order valence-electron chi connectivity index (χ2n) is 4.38. The topological polar surface area (TPSA) is 94.0 Å². The van der Waals surface area contributed by atoms with Gasteiger partial charge in [0, 0.05) is 18.2 Å². The highest BCUT2D eigenvalue weighted by atomic mass is 32.1. The Morgan fingerprint density at radius 2 is 2.11 bits per heavy atom. The number of nitrogens with one attached hydrogen (secondary N) is 1. The predicted molar refractivity (Wildman–Crippen MR) is 76.5 cm³/mol. The Morgan fingerprint density at radius 1 is 1.50 bits per heavy atom. The molecule has 0 radical (unpaired) electrons. The fourth-order valence-electron chi connectivity index (χ4n) is 1.84. The van der Waals surface area contributed by atoms with Crippen molar-refractivity contribution < 1.29 is 4.79 Å². The molecule has 0 spiro atoms. The first kappa shape index (κ1) is 14.4. The Labute approximate surface area is 112 Å². The monoisotopic (exact) mass is 266 g/mol. The standard InChI is InChI=1S/C12H18N4OS/c1-6-4-7(2)15-12(10(6)11(14)18)16-8(3)5-9(13)17/h4,8H,5H2,1-3H3,(H2,13,17)(H2,14,18)(H,15,16). The number of nitrogens with two attached hydrogens (primary N) is 2. The number of nitrogens with zero attached hydrogens (tertiary/aromatic N) is 1. The summed E-state index contributed by atoms with van der Waals surface area (Å²) in [4.78, 5) is 15.5. The lowest BCUT2D eigenvalue weighted by molar-refractivity contribution is -0.118. The lowest BCUT2D eigenvalue weighted by atomic mass is 10.1. The number of anilines is 1. The van der Waals surface area contributed by atoms with Crippen molar-refractivity contribution in [2.75, 3.05) is 5.32 Å². The number of aryl methyl sites for hydroxylation is 2. The first-order valence-electron chi connectivity index (χ1n) is 5.64. The van der Waals surface area contributed by atoms with Gasteiger partial charge >= 0.3 is 0 Å². The summed E-state index contributed by atoms with van der Waals surface area (Å²) >= 11 is 5.03. The van der Waals surface area contributed by atoms with Crippen LogP contribution in [0.1, 0.15) is 30.2 Å². The minimum Gasteiger partial charge on any atom is -0.389 e. The van der Waals surface area contributed by atoms with Gasteiger partial charge in [0.1, 0.15) is 10.8 Å². The molecule has 0 aliphatic carbocycles. The summed E-state index contributed by atoms with van der Waals surface area (Å²) in [7, 11) is 0. The van der Waals surface area contributed by atoms with E-state index in [2.05, 4.69) is 10.3 Å². The van der Waals surface area contributed by atoms with Gasteiger partial charge in [-0.2, -0.15) is 0 Å². The summed E-state index contributed by atoms with van der Waals surface area (Å²) in [6.45, 7) is 5.67. The number of rotatable bonds is 5. The van der Waals surface area contributed by atoms with E-state index >= 15 is 0 Å². The zero-order chi connectivity index (χ0) is 13.9. The van der Waals surface area contributed by atoms with E-state index < -0.39 is 0 Å². The Kier molecular flexibility index (Phi) is 4.61. The summed E-state index contributed by atoms with van der Waals surface area (Å²) in [6, 6.07) is 1.79. The van der Waals surface area contributed by atoms with E-state index in [9.17, 15) is 4.79 Å². The van der Waals surface area contributed by atoms with Crippen LogP contribution in [0.4, 0.5) is 5.82 Å². The van der Waals surface area contributed by atoms with E-state index in [-0.39, 0.29) is 23.4 Å². The van der Waals surface area contributed by atoms with Gasteiger partial charge in [0.15, 0.2) is 0 Å². The van der Waals surface area contributed by atoms with Crippen molar-refractivity contribution in [3.63, 3.8) is 0 Å². The van der Waals surface area contributed by atoms with Crippen LogP contribution in [0, 0.1) is 13.8 Å². The molecule has 5 nitrogen and oxygen atoms in total. The summed E-state index contributed by atoms with van der Waals surface area (Å²) in [5.74, 6) is 0.241. The van der Waals surface area contributed by atoms with Crippen molar-refractivity contribution in [1.82, 2.24) is 4.98 Å². The fourth-order valence-corrected chi connectivity index (χ4v) is 2.10. The highest BCUT2D eigenvalue weighted by Gasteiger charge is 2.14. The number of hydrogen-bond donors (Lipinski definition) is 3. The second kappa shape index (κ2) is 5.77. The van der Waals surface area contributed by atoms with Crippen LogP contribution in [0.5, 0.6) is 0 Å². The van der Waals surface area contributed by atoms with Gasteiger partial charge in [-0.25, -0.2) is 4.98 Å². The van der Waals surface area contributed by atoms with E-state index in [1.165, 1.54) is 0 Å². The minimum absolute atomic E-state index is 0.121. The smallest absolute Gasteiger partial charge is 0.219 e. The molecule has 6 heteroatoms. The molecule has 1 aromatic heterocycles. The van der Waals surface area contributed by atoms with Crippen LogP contribution < -0.4 is 16.8 Å². The van der Waals surface area contributed by atoms with Crippen LogP contribution >= 0.6 is 12.2 Å². The normalized spacial score (nSPS) is 11.9. The Balaban J connectivity index is 3.07. The molecule has 1 unspecified atom stereocenters. The number of pyridine rings is 1. The van der Waals surface area contributed by atoms with Gasteiger partial charge in [-0.3, -0.25) is 4.79 Å². The molecule has 1 atom stereocenters. The van der Waals surface area contributed by atoms with E-state index in [0.29, 0.717) is 11.4 Å². The number of amides is 1. The van der Waals surface area contributed by atoms with Crippen LogP contribution in [0.2, 0.25) is 0 Å². The molecule has 18 heavy (non-hydrogen) atoms. The molecule has 0 bridgehead atoms. The van der Waals surface area contributed by atoms with Gasteiger partial charge in [-0.1, -0.05) is 12.2 Å². The average molecular weight is 266 g/mol. The van der Waals surface area contributed by atoms with Gasteiger partial charge < -0.3 is 16.8 Å². The third-order valence-corrected chi connectivity index (χ3v) is 2.69. The zero-order valence-electron chi connectivity index (χ0n) is 10.8. The maximum absolute atomic E-state index is 10.9. The summed E-state index contributed by atoms with van der Waals surface area (Å²) in [6.07, 6.45) is 0.228. The van der Waals surface area contributed by atoms with Crippen molar-refractivity contribution in [3.8, 4) is 0 Å². The van der Waals surface area contributed by atoms with Gasteiger partial charge in [0.05, 0.1) is 5.56 Å². The molecule has 98 valence electrons. The number of carbonyl (C=O) groups is 1. The molecular weight excluding hydrogens is 248 g/mol. The van der Waals surface area contributed by atoms with Crippen molar-refractivity contribution in [2.24, 2.45) is 11.5 Å². The van der Waals surface area contributed by atoms with Crippen LogP contribution in [0.15, 0.2) is 6.07 Å². The molecule has 1 heterocycles. The quantitative estimate of drug-likeness (QED) is 0.691. The molecule has 1 rings (SSSR count). The van der Waals surface area contributed by atoms with Crippen LogP contribution in [0.25, 0.3) is 0 Å². The molecule has 0 fully saturated rings. The maximum atomic E-state index is 10.9. The third kappa shape index (κ3) is 3.66.